The van der Waals surface area contributed by atoms with Gasteiger partial charge in [-0.25, -0.2) is 8.78 Å². The second-order valence-electron chi connectivity index (χ2n) is 9.21. The molecule has 2 N–H and O–H groups in total. The lowest BCUT2D eigenvalue weighted by atomic mass is 9.86. The summed E-state index contributed by atoms with van der Waals surface area (Å²) in [5.41, 5.74) is 3.19. The molecular formula is C28H24F2N4O2. The number of fused-ring (bicyclic) bond motifs is 1. The van der Waals surface area contributed by atoms with Crippen LogP contribution in [0.3, 0.4) is 0 Å². The summed E-state index contributed by atoms with van der Waals surface area (Å²) in [6.07, 6.45) is 5.64. The maximum atomic E-state index is 13.5. The number of rotatable bonds is 5. The van der Waals surface area contributed by atoms with Gasteiger partial charge in [-0.2, -0.15) is 10.4 Å². The standard InChI is InChI=1S/C28H24F2N4O2/c29-24-11-21(12-25(30)27(24)35)28(36)32-15-17-5-9-22(10-6-17)34-16-20-8-7-18(13-26(20)33-34)23-4-2-1-3-19(23)14-31/h1-4,7-8,11-13,16-17,22,35H,5-6,9-10,15H2,(H,32,36)/t17-,22-. The van der Waals surface area contributed by atoms with Crippen LogP contribution in [0.15, 0.2) is 60.8 Å². The van der Waals surface area contributed by atoms with E-state index in [0.29, 0.717) is 12.1 Å². The van der Waals surface area contributed by atoms with E-state index in [9.17, 15) is 23.9 Å². The molecule has 1 saturated carbocycles. The number of halogens is 2. The number of nitrogens with zero attached hydrogens (tertiary/aromatic N) is 3. The number of phenolic OH excluding ortho intramolecular Hbond substituents is 1. The molecule has 36 heavy (non-hydrogen) atoms. The zero-order valence-corrected chi connectivity index (χ0v) is 19.4. The Kier molecular flexibility index (Phi) is 6.38. The Bertz CT molecular complexity index is 1460. The topological polar surface area (TPSA) is 90.9 Å². The average molecular weight is 487 g/mol. The Morgan fingerprint density at radius 2 is 1.81 bits per heavy atom. The van der Waals surface area contributed by atoms with Crippen LogP contribution in [-0.2, 0) is 0 Å². The Morgan fingerprint density at radius 1 is 1.08 bits per heavy atom. The van der Waals surface area contributed by atoms with Gasteiger partial charge in [0.15, 0.2) is 17.4 Å². The molecule has 0 aliphatic heterocycles. The number of carbonyl (C=O) groups is 1. The molecule has 0 atom stereocenters. The molecule has 1 aromatic heterocycles. The van der Waals surface area contributed by atoms with Gasteiger partial charge in [0.2, 0.25) is 0 Å². The number of aromatic hydroxyl groups is 1. The molecule has 1 aliphatic carbocycles. The predicted molar refractivity (Wildman–Crippen MR) is 131 cm³/mol. The lowest BCUT2D eigenvalue weighted by Gasteiger charge is -2.28. The minimum Gasteiger partial charge on any atom is -0.503 e. The van der Waals surface area contributed by atoms with Crippen molar-refractivity contribution in [1.82, 2.24) is 15.1 Å². The Hall–Kier alpha value is -4.25. The zero-order valence-electron chi connectivity index (χ0n) is 19.4. The fraction of sp³-hybridized carbons (Fsp3) is 0.250. The van der Waals surface area contributed by atoms with Crippen molar-refractivity contribution in [2.45, 2.75) is 31.7 Å². The second-order valence-corrected chi connectivity index (χ2v) is 9.21. The lowest BCUT2D eigenvalue weighted by Crippen LogP contribution is -2.31. The van der Waals surface area contributed by atoms with Gasteiger partial charge in [0.25, 0.3) is 5.91 Å². The quantitative estimate of drug-likeness (QED) is 0.378. The minimum absolute atomic E-state index is 0.156. The van der Waals surface area contributed by atoms with Crippen LogP contribution in [0.25, 0.3) is 22.0 Å². The number of nitrogens with one attached hydrogen (secondary N) is 1. The van der Waals surface area contributed by atoms with Crippen LogP contribution in [-0.4, -0.2) is 27.3 Å². The number of phenols is 1. The first-order valence-corrected chi connectivity index (χ1v) is 11.9. The minimum atomic E-state index is -1.16. The summed E-state index contributed by atoms with van der Waals surface area (Å²) in [5, 5.41) is 27.2. The smallest absolute Gasteiger partial charge is 0.251 e. The third-order valence-corrected chi connectivity index (χ3v) is 6.90. The predicted octanol–water partition coefficient (Wildman–Crippen LogP) is 5.72. The first kappa shape index (κ1) is 23.5. The Morgan fingerprint density at radius 3 is 2.53 bits per heavy atom. The third-order valence-electron chi connectivity index (χ3n) is 6.90. The van der Waals surface area contributed by atoms with E-state index in [0.717, 1.165) is 59.8 Å². The van der Waals surface area contributed by atoms with Gasteiger partial charge in [0, 0.05) is 23.7 Å². The van der Waals surface area contributed by atoms with Crippen LogP contribution in [0.4, 0.5) is 8.78 Å². The molecule has 182 valence electrons. The highest BCUT2D eigenvalue weighted by Crippen LogP contribution is 2.33. The van der Waals surface area contributed by atoms with Crippen molar-refractivity contribution in [3.05, 3.63) is 83.6 Å². The fourth-order valence-corrected chi connectivity index (χ4v) is 4.87. The second kappa shape index (κ2) is 9.78. The summed E-state index contributed by atoms with van der Waals surface area (Å²) in [6, 6.07) is 17.7. The molecule has 1 aliphatic rings. The molecule has 6 nitrogen and oxygen atoms in total. The van der Waals surface area contributed by atoms with Crippen molar-refractivity contribution in [2.24, 2.45) is 5.92 Å². The number of carbonyl (C=O) groups excluding carboxylic acids is 1. The number of hydrogen-bond acceptors (Lipinski definition) is 4. The summed E-state index contributed by atoms with van der Waals surface area (Å²) in [4.78, 5) is 12.3. The van der Waals surface area contributed by atoms with Crippen LogP contribution < -0.4 is 5.32 Å². The van der Waals surface area contributed by atoms with Crippen molar-refractivity contribution < 1.29 is 18.7 Å². The van der Waals surface area contributed by atoms with Gasteiger partial charge in [-0.3, -0.25) is 9.48 Å². The van der Waals surface area contributed by atoms with Crippen LogP contribution in [0.2, 0.25) is 0 Å². The van der Waals surface area contributed by atoms with Gasteiger partial charge < -0.3 is 10.4 Å². The highest BCUT2D eigenvalue weighted by atomic mass is 19.1. The van der Waals surface area contributed by atoms with Gasteiger partial charge in [0.05, 0.1) is 23.2 Å². The van der Waals surface area contributed by atoms with E-state index in [1.807, 2.05) is 41.1 Å². The van der Waals surface area contributed by atoms with E-state index < -0.39 is 23.3 Å². The summed E-state index contributed by atoms with van der Waals surface area (Å²) in [7, 11) is 0. The molecule has 1 heterocycles. The van der Waals surface area contributed by atoms with Crippen molar-refractivity contribution in [3.63, 3.8) is 0 Å². The molecular weight excluding hydrogens is 462 g/mol. The van der Waals surface area contributed by atoms with Gasteiger partial charge in [-0.1, -0.05) is 30.3 Å². The Labute approximate surface area is 206 Å². The number of aromatic nitrogens is 2. The van der Waals surface area contributed by atoms with Crippen LogP contribution in [0, 0.1) is 28.9 Å². The van der Waals surface area contributed by atoms with Crippen molar-refractivity contribution >= 4 is 16.8 Å². The fourth-order valence-electron chi connectivity index (χ4n) is 4.87. The monoisotopic (exact) mass is 486 g/mol. The molecule has 4 aromatic rings. The molecule has 3 aromatic carbocycles. The number of nitriles is 1. The Balaban J connectivity index is 1.21. The molecule has 8 heteroatoms. The number of hydrogen-bond donors (Lipinski definition) is 2. The SMILES string of the molecule is N#Cc1ccccc1-c1ccc2cn([C@H]3CC[C@H](CNC(=O)c4cc(F)c(O)c(F)c4)CC3)nc2c1. The largest absolute Gasteiger partial charge is 0.503 e. The van der Waals surface area contributed by atoms with E-state index in [2.05, 4.69) is 17.6 Å². The first-order valence-electron chi connectivity index (χ1n) is 11.9. The molecule has 5 rings (SSSR count). The summed E-state index contributed by atoms with van der Waals surface area (Å²) in [5.74, 6) is -3.71. The normalized spacial score (nSPS) is 17.6. The highest BCUT2D eigenvalue weighted by molar-refractivity contribution is 5.94. The highest BCUT2D eigenvalue weighted by Gasteiger charge is 2.24. The molecule has 0 spiro atoms. The molecule has 0 radical (unpaired) electrons. The van der Waals surface area contributed by atoms with E-state index >= 15 is 0 Å². The molecule has 0 unspecified atom stereocenters. The molecule has 1 fully saturated rings. The zero-order chi connectivity index (χ0) is 25.2. The first-order chi connectivity index (χ1) is 17.4. The molecule has 0 saturated heterocycles. The lowest BCUT2D eigenvalue weighted by molar-refractivity contribution is 0.0940. The van der Waals surface area contributed by atoms with Gasteiger partial charge in [-0.05, 0) is 67.0 Å². The van der Waals surface area contributed by atoms with Gasteiger partial charge in [-0.15, -0.1) is 0 Å². The van der Waals surface area contributed by atoms with Crippen molar-refractivity contribution in [1.29, 1.82) is 5.26 Å². The van der Waals surface area contributed by atoms with E-state index in [-0.39, 0.29) is 17.5 Å². The van der Waals surface area contributed by atoms with Crippen molar-refractivity contribution in [3.8, 4) is 22.9 Å². The summed E-state index contributed by atoms with van der Waals surface area (Å²) >= 11 is 0. The summed E-state index contributed by atoms with van der Waals surface area (Å²) in [6.45, 7) is 0.415. The van der Waals surface area contributed by atoms with Gasteiger partial charge in [0.1, 0.15) is 0 Å². The number of benzene rings is 3. The molecule has 1 amide bonds. The van der Waals surface area contributed by atoms with Crippen LogP contribution in [0.5, 0.6) is 5.75 Å². The van der Waals surface area contributed by atoms with E-state index in [1.54, 1.807) is 6.07 Å². The van der Waals surface area contributed by atoms with E-state index in [1.165, 1.54) is 0 Å². The third kappa shape index (κ3) is 4.65. The maximum Gasteiger partial charge on any atom is 0.251 e. The van der Waals surface area contributed by atoms with Crippen molar-refractivity contribution in [2.75, 3.05) is 6.54 Å². The maximum absolute atomic E-state index is 13.5. The average Bonchev–Trinajstić information content (AvgIpc) is 3.33. The van der Waals surface area contributed by atoms with Crippen LogP contribution in [0.1, 0.15) is 47.6 Å². The van der Waals surface area contributed by atoms with Crippen LogP contribution >= 0.6 is 0 Å². The summed E-state index contributed by atoms with van der Waals surface area (Å²) < 4.78 is 29.1. The van der Waals surface area contributed by atoms with Gasteiger partial charge >= 0.3 is 0 Å². The number of amides is 1. The molecule has 0 bridgehead atoms. The van der Waals surface area contributed by atoms with E-state index in [4.69, 9.17) is 5.10 Å².